The average molecular weight is 322 g/mol. The van der Waals surface area contributed by atoms with Gasteiger partial charge in [0.25, 0.3) is 0 Å². The summed E-state index contributed by atoms with van der Waals surface area (Å²) in [5.41, 5.74) is 4.02. The third-order valence-electron chi connectivity index (χ3n) is 5.27. The Hall–Kier alpha value is -2.10. The van der Waals surface area contributed by atoms with Crippen molar-refractivity contribution < 1.29 is 0 Å². The topological polar surface area (TPSA) is 41.1 Å². The molecular weight excluding hydrogens is 296 g/mol. The van der Waals surface area contributed by atoms with Gasteiger partial charge in [0.1, 0.15) is 5.82 Å². The summed E-state index contributed by atoms with van der Waals surface area (Å²) < 4.78 is 0. The van der Waals surface area contributed by atoms with Crippen LogP contribution in [0.15, 0.2) is 30.3 Å². The van der Waals surface area contributed by atoms with Gasteiger partial charge in [-0.25, -0.2) is 4.98 Å². The molecule has 0 amide bonds. The lowest BCUT2D eigenvalue weighted by Gasteiger charge is -2.30. The van der Waals surface area contributed by atoms with Crippen molar-refractivity contribution in [1.29, 1.82) is 0 Å². The molecule has 2 heterocycles. The molecule has 4 nitrogen and oxygen atoms in total. The Bertz CT molecular complexity index is 707. The zero-order valence-corrected chi connectivity index (χ0v) is 14.5. The SMILES string of the molecule is CCc1cc(N2CCc3ccccc3C2)nc(NC2CCCC2)n1. The van der Waals surface area contributed by atoms with E-state index < -0.39 is 0 Å². The van der Waals surface area contributed by atoms with E-state index in [-0.39, 0.29) is 0 Å². The average Bonchev–Trinajstić information content (AvgIpc) is 3.14. The van der Waals surface area contributed by atoms with E-state index in [1.807, 2.05) is 0 Å². The molecule has 0 saturated heterocycles. The summed E-state index contributed by atoms with van der Waals surface area (Å²) >= 11 is 0. The summed E-state index contributed by atoms with van der Waals surface area (Å²) in [4.78, 5) is 11.9. The van der Waals surface area contributed by atoms with Gasteiger partial charge in [-0.2, -0.15) is 4.98 Å². The molecule has 0 spiro atoms. The van der Waals surface area contributed by atoms with Crippen molar-refractivity contribution in [3.63, 3.8) is 0 Å². The largest absolute Gasteiger partial charge is 0.352 e. The highest BCUT2D eigenvalue weighted by Crippen LogP contribution is 2.26. The minimum Gasteiger partial charge on any atom is -0.352 e. The predicted octanol–water partition coefficient (Wildman–Crippen LogP) is 3.96. The van der Waals surface area contributed by atoms with Crippen molar-refractivity contribution in [2.75, 3.05) is 16.8 Å². The molecule has 0 unspecified atom stereocenters. The van der Waals surface area contributed by atoms with Gasteiger partial charge in [0.05, 0.1) is 0 Å². The van der Waals surface area contributed by atoms with E-state index in [1.165, 1.54) is 36.8 Å². The Kier molecular flexibility index (Phi) is 4.37. The second kappa shape index (κ2) is 6.80. The van der Waals surface area contributed by atoms with Crippen LogP contribution < -0.4 is 10.2 Å². The number of nitrogens with zero attached hydrogens (tertiary/aromatic N) is 3. The van der Waals surface area contributed by atoms with Gasteiger partial charge in [0, 0.05) is 30.9 Å². The van der Waals surface area contributed by atoms with Gasteiger partial charge in [-0.05, 0) is 36.8 Å². The first-order valence-electron chi connectivity index (χ1n) is 9.28. The first-order valence-corrected chi connectivity index (χ1v) is 9.28. The molecule has 0 bridgehead atoms. The standard InChI is InChI=1S/C20H26N4/c1-2-17-13-19(23-20(21-17)22-18-9-5-6-10-18)24-12-11-15-7-3-4-8-16(15)14-24/h3-4,7-8,13,18H,2,5-6,9-12,14H2,1H3,(H,21,22,23). The monoisotopic (exact) mass is 322 g/mol. The van der Waals surface area contributed by atoms with Crippen molar-refractivity contribution in [3.05, 3.63) is 47.2 Å². The number of anilines is 2. The summed E-state index contributed by atoms with van der Waals surface area (Å²) in [5.74, 6) is 1.88. The molecule has 1 aromatic heterocycles. The fourth-order valence-corrected chi connectivity index (χ4v) is 3.83. The summed E-state index contributed by atoms with van der Waals surface area (Å²) in [7, 11) is 0. The van der Waals surface area contributed by atoms with Crippen molar-refractivity contribution in [3.8, 4) is 0 Å². The van der Waals surface area contributed by atoms with Gasteiger partial charge in [0.2, 0.25) is 5.95 Å². The molecule has 4 rings (SSSR count). The third kappa shape index (κ3) is 3.23. The fourth-order valence-electron chi connectivity index (χ4n) is 3.83. The normalized spacial score (nSPS) is 17.8. The number of fused-ring (bicyclic) bond motifs is 1. The molecule has 1 fully saturated rings. The zero-order chi connectivity index (χ0) is 16.4. The minimum absolute atomic E-state index is 0.548. The summed E-state index contributed by atoms with van der Waals surface area (Å²) in [6.07, 6.45) is 7.16. The lowest BCUT2D eigenvalue weighted by molar-refractivity contribution is 0.710. The number of hydrogen-bond donors (Lipinski definition) is 1. The maximum absolute atomic E-state index is 4.85. The van der Waals surface area contributed by atoms with E-state index in [9.17, 15) is 0 Å². The molecule has 1 aromatic carbocycles. The summed E-state index contributed by atoms with van der Waals surface area (Å²) in [6, 6.07) is 11.5. The third-order valence-corrected chi connectivity index (χ3v) is 5.27. The molecule has 0 radical (unpaired) electrons. The number of aryl methyl sites for hydroxylation is 1. The summed E-state index contributed by atoms with van der Waals surface area (Å²) in [6.45, 7) is 4.14. The van der Waals surface area contributed by atoms with Gasteiger partial charge in [-0.3, -0.25) is 0 Å². The zero-order valence-electron chi connectivity index (χ0n) is 14.5. The second-order valence-electron chi connectivity index (χ2n) is 6.96. The van der Waals surface area contributed by atoms with Crippen LogP contribution in [-0.4, -0.2) is 22.6 Å². The van der Waals surface area contributed by atoms with E-state index >= 15 is 0 Å². The molecule has 1 N–H and O–H groups in total. The van der Waals surface area contributed by atoms with E-state index in [4.69, 9.17) is 9.97 Å². The predicted molar refractivity (Wildman–Crippen MR) is 98.5 cm³/mol. The number of hydrogen-bond acceptors (Lipinski definition) is 4. The number of rotatable bonds is 4. The molecule has 0 atom stereocenters. The number of aromatic nitrogens is 2. The smallest absolute Gasteiger partial charge is 0.225 e. The second-order valence-corrected chi connectivity index (χ2v) is 6.96. The first-order chi connectivity index (χ1) is 11.8. The van der Waals surface area contributed by atoms with Gasteiger partial charge in [-0.1, -0.05) is 44.0 Å². The van der Waals surface area contributed by atoms with Crippen LogP contribution in [0.4, 0.5) is 11.8 Å². The van der Waals surface area contributed by atoms with Crippen LogP contribution in [0.3, 0.4) is 0 Å². The van der Waals surface area contributed by atoms with Crippen LogP contribution >= 0.6 is 0 Å². The Morgan fingerprint density at radius 1 is 1.12 bits per heavy atom. The van der Waals surface area contributed by atoms with Crippen LogP contribution in [0.1, 0.15) is 49.4 Å². The minimum atomic E-state index is 0.548. The number of nitrogens with one attached hydrogen (secondary N) is 1. The van der Waals surface area contributed by atoms with Crippen molar-refractivity contribution in [1.82, 2.24) is 9.97 Å². The van der Waals surface area contributed by atoms with Gasteiger partial charge >= 0.3 is 0 Å². The van der Waals surface area contributed by atoms with E-state index in [0.29, 0.717) is 6.04 Å². The van der Waals surface area contributed by atoms with Crippen LogP contribution in [0.5, 0.6) is 0 Å². The lowest BCUT2D eigenvalue weighted by atomic mass is 10.00. The van der Waals surface area contributed by atoms with Crippen molar-refractivity contribution in [2.45, 2.75) is 58.0 Å². The maximum Gasteiger partial charge on any atom is 0.225 e. The Morgan fingerprint density at radius 3 is 2.71 bits per heavy atom. The Balaban J connectivity index is 1.58. The first kappa shape index (κ1) is 15.4. The molecule has 2 aromatic rings. The molecule has 24 heavy (non-hydrogen) atoms. The molecule has 4 heteroatoms. The molecule has 1 saturated carbocycles. The maximum atomic E-state index is 4.85. The number of benzene rings is 1. The lowest BCUT2D eigenvalue weighted by Crippen LogP contribution is -2.31. The molecule has 126 valence electrons. The van der Waals surface area contributed by atoms with Gasteiger partial charge < -0.3 is 10.2 Å². The van der Waals surface area contributed by atoms with Crippen LogP contribution in [0, 0.1) is 0 Å². The molecule has 2 aliphatic rings. The molecule has 1 aliphatic heterocycles. The van der Waals surface area contributed by atoms with Crippen molar-refractivity contribution in [2.24, 2.45) is 0 Å². The summed E-state index contributed by atoms with van der Waals surface area (Å²) in [5, 5.41) is 3.57. The van der Waals surface area contributed by atoms with E-state index in [1.54, 1.807) is 0 Å². The molecule has 1 aliphatic carbocycles. The quantitative estimate of drug-likeness (QED) is 0.925. The highest BCUT2D eigenvalue weighted by molar-refractivity contribution is 5.48. The highest BCUT2D eigenvalue weighted by atomic mass is 15.2. The van der Waals surface area contributed by atoms with E-state index in [0.717, 1.165) is 43.4 Å². The fraction of sp³-hybridized carbons (Fsp3) is 0.500. The van der Waals surface area contributed by atoms with Crippen LogP contribution in [-0.2, 0) is 19.4 Å². The van der Waals surface area contributed by atoms with Crippen molar-refractivity contribution >= 4 is 11.8 Å². The van der Waals surface area contributed by atoms with Gasteiger partial charge in [-0.15, -0.1) is 0 Å². The van der Waals surface area contributed by atoms with Crippen LogP contribution in [0.25, 0.3) is 0 Å². The Morgan fingerprint density at radius 2 is 1.92 bits per heavy atom. The van der Waals surface area contributed by atoms with Gasteiger partial charge in [0.15, 0.2) is 0 Å². The molecular formula is C20H26N4. The van der Waals surface area contributed by atoms with Crippen LogP contribution in [0.2, 0.25) is 0 Å². The highest BCUT2D eigenvalue weighted by Gasteiger charge is 2.20. The Labute approximate surface area is 144 Å². The van der Waals surface area contributed by atoms with E-state index in [2.05, 4.69) is 47.5 Å².